The Morgan fingerprint density at radius 1 is 1.14 bits per heavy atom. The van der Waals surface area contributed by atoms with Crippen LogP contribution in [0.5, 0.6) is 0 Å². The molecule has 1 aromatic carbocycles. The van der Waals surface area contributed by atoms with E-state index in [-0.39, 0.29) is 23.5 Å². The van der Waals surface area contributed by atoms with Crippen molar-refractivity contribution in [3.05, 3.63) is 34.9 Å². The number of piperidine rings is 1. The lowest BCUT2D eigenvalue weighted by molar-refractivity contribution is -0.136. The van der Waals surface area contributed by atoms with Crippen LogP contribution < -0.4 is 5.32 Å². The predicted molar refractivity (Wildman–Crippen MR) is 82.4 cm³/mol. The van der Waals surface area contributed by atoms with E-state index in [2.05, 4.69) is 18.3 Å². The second-order valence-corrected chi connectivity index (χ2v) is 6.52. The van der Waals surface area contributed by atoms with Crippen molar-refractivity contribution in [3.8, 4) is 0 Å². The largest absolute Gasteiger partial charge is 0.296 e. The van der Waals surface area contributed by atoms with Gasteiger partial charge in [-0.1, -0.05) is 18.2 Å². The van der Waals surface area contributed by atoms with E-state index >= 15 is 0 Å². The number of Topliss-reactive ketones (excluding diaryl/α,β-unsaturated/α-hetero) is 1. The minimum atomic E-state index is -0.168. The number of amides is 2. The summed E-state index contributed by atoms with van der Waals surface area (Å²) in [6, 6.07) is 5.91. The van der Waals surface area contributed by atoms with E-state index in [1.165, 1.54) is 11.1 Å². The Labute approximate surface area is 130 Å². The fraction of sp³-hybridized carbons (Fsp3) is 0.500. The topological polar surface area (TPSA) is 63.2 Å². The third-order valence-electron chi connectivity index (χ3n) is 4.95. The zero-order valence-corrected chi connectivity index (χ0v) is 12.9. The molecule has 1 fully saturated rings. The number of imide groups is 1. The van der Waals surface area contributed by atoms with E-state index in [0.29, 0.717) is 25.2 Å². The number of ketones is 1. The van der Waals surface area contributed by atoms with Gasteiger partial charge in [0.05, 0.1) is 0 Å². The molecule has 0 saturated carbocycles. The molecule has 2 unspecified atom stereocenters. The average molecular weight is 299 g/mol. The number of rotatable bonds is 3. The van der Waals surface area contributed by atoms with Gasteiger partial charge in [0.2, 0.25) is 11.8 Å². The van der Waals surface area contributed by atoms with Gasteiger partial charge in [0.25, 0.3) is 0 Å². The van der Waals surface area contributed by atoms with Gasteiger partial charge in [-0.2, -0.15) is 0 Å². The van der Waals surface area contributed by atoms with Crippen molar-refractivity contribution in [2.24, 2.45) is 11.8 Å². The predicted octanol–water partition coefficient (Wildman–Crippen LogP) is 2.57. The monoisotopic (exact) mass is 299 g/mol. The zero-order valence-electron chi connectivity index (χ0n) is 12.9. The molecule has 1 N–H and O–H groups in total. The number of benzene rings is 1. The number of carbonyl (C=O) groups excluding carboxylic acids is 3. The van der Waals surface area contributed by atoms with Crippen molar-refractivity contribution in [2.45, 2.75) is 45.4 Å². The summed E-state index contributed by atoms with van der Waals surface area (Å²) in [7, 11) is 0. The minimum Gasteiger partial charge on any atom is -0.296 e. The minimum absolute atomic E-state index is 0.0777. The molecule has 0 spiro atoms. The summed E-state index contributed by atoms with van der Waals surface area (Å²) in [6.07, 6.45) is 4.19. The Balaban J connectivity index is 1.63. The molecule has 2 amide bonds. The lowest BCUT2D eigenvalue weighted by Gasteiger charge is -2.27. The number of nitrogens with one attached hydrogen (secondary N) is 1. The Morgan fingerprint density at radius 2 is 1.95 bits per heavy atom. The van der Waals surface area contributed by atoms with Crippen LogP contribution >= 0.6 is 0 Å². The molecule has 116 valence electrons. The van der Waals surface area contributed by atoms with Crippen LogP contribution in [0.4, 0.5) is 0 Å². The first-order valence-electron chi connectivity index (χ1n) is 8.00. The highest BCUT2D eigenvalue weighted by Crippen LogP contribution is 2.32. The highest BCUT2D eigenvalue weighted by molar-refractivity contribution is 5.99. The fourth-order valence-corrected chi connectivity index (χ4v) is 3.62. The second-order valence-electron chi connectivity index (χ2n) is 6.52. The molecule has 0 aromatic heterocycles. The first-order valence-corrected chi connectivity index (χ1v) is 8.00. The first kappa shape index (κ1) is 14.9. The molecule has 1 aromatic rings. The van der Waals surface area contributed by atoms with Gasteiger partial charge in [0, 0.05) is 24.3 Å². The number of hydrogen-bond acceptors (Lipinski definition) is 3. The molecule has 22 heavy (non-hydrogen) atoms. The quantitative estimate of drug-likeness (QED) is 0.873. The third kappa shape index (κ3) is 2.96. The lowest BCUT2D eigenvalue weighted by Crippen LogP contribution is -2.40. The van der Waals surface area contributed by atoms with Crippen LogP contribution in [-0.4, -0.2) is 17.6 Å². The molecule has 0 radical (unpaired) electrons. The van der Waals surface area contributed by atoms with E-state index in [1.54, 1.807) is 0 Å². The van der Waals surface area contributed by atoms with Gasteiger partial charge < -0.3 is 0 Å². The molecule has 2 aliphatic rings. The van der Waals surface area contributed by atoms with Crippen molar-refractivity contribution in [1.29, 1.82) is 0 Å². The molecule has 2 atom stereocenters. The second kappa shape index (κ2) is 6.03. The molecule has 1 aliphatic heterocycles. The maximum Gasteiger partial charge on any atom is 0.229 e. The highest BCUT2D eigenvalue weighted by Gasteiger charge is 2.30. The van der Waals surface area contributed by atoms with E-state index in [0.717, 1.165) is 24.8 Å². The summed E-state index contributed by atoms with van der Waals surface area (Å²) < 4.78 is 0. The smallest absolute Gasteiger partial charge is 0.229 e. The third-order valence-corrected chi connectivity index (χ3v) is 4.95. The van der Waals surface area contributed by atoms with E-state index in [1.807, 2.05) is 12.1 Å². The highest BCUT2D eigenvalue weighted by atomic mass is 16.2. The van der Waals surface area contributed by atoms with E-state index < -0.39 is 0 Å². The maximum absolute atomic E-state index is 12.3. The van der Waals surface area contributed by atoms with Crippen molar-refractivity contribution >= 4 is 17.6 Å². The molecule has 1 aliphatic carbocycles. The summed E-state index contributed by atoms with van der Waals surface area (Å²) in [6.45, 7) is 2.05. The Bertz CT molecular complexity index is 635. The Kier molecular flexibility index (Phi) is 4.10. The SMILES string of the molecule is Cc1cccc2c1CC(CCC1CCC(=O)NC1=O)CC2=O. The molecular formula is C18H21NO3. The fourth-order valence-electron chi connectivity index (χ4n) is 3.62. The van der Waals surface area contributed by atoms with Crippen molar-refractivity contribution in [1.82, 2.24) is 5.32 Å². The number of fused-ring (bicyclic) bond motifs is 1. The van der Waals surface area contributed by atoms with Crippen LogP contribution in [-0.2, 0) is 16.0 Å². The Hall–Kier alpha value is -1.97. The van der Waals surface area contributed by atoms with Gasteiger partial charge in [-0.25, -0.2) is 0 Å². The van der Waals surface area contributed by atoms with E-state index in [4.69, 9.17) is 0 Å². The van der Waals surface area contributed by atoms with Gasteiger partial charge in [-0.05, 0) is 49.7 Å². The lowest BCUT2D eigenvalue weighted by atomic mass is 9.77. The van der Waals surface area contributed by atoms with Gasteiger partial charge in [0.15, 0.2) is 5.78 Å². The van der Waals surface area contributed by atoms with Gasteiger partial charge in [-0.15, -0.1) is 0 Å². The van der Waals surface area contributed by atoms with Crippen LogP contribution in [0.15, 0.2) is 18.2 Å². The standard InChI is InChI=1S/C18H21NO3/c1-11-3-2-4-14-15(11)9-12(10-16(14)20)5-6-13-7-8-17(21)19-18(13)22/h2-4,12-13H,5-10H2,1H3,(H,19,21,22). The molecule has 3 rings (SSSR count). The maximum atomic E-state index is 12.3. The summed E-state index contributed by atoms with van der Waals surface area (Å²) in [4.78, 5) is 35.2. The zero-order chi connectivity index (χ0) is 15.7. The van der Waals surface area contributed by atoms with Gasteiger partial charge >= 0.3 is 0 Å². The molecule has 4 nitrogen and oxygen atoms in total. The summed E-state index contributed by atoms with van der Waals surface area (Å²) in [5.41, 5.74) is 3.22. The molecular weight excluding hydrogens is 278 g/mol. The first-order chi connectivity index (χ1) is 10.5. The number of carbonyl (C=O) groups is 3. The van der Waals surface area contributed by atoms with Crippen LogP contribution in [0.3, 0.4) is 0 Å². The Morgan fingerprint density at radius 3 is 2.73 bits per heavy atom. The van der Waals surface area contributed by atoms with Crippen molar-refractivity contribution in [2.75, 3.05) is 0 Å². The number of hydrogen-bond donors (Lipinski definition) is 1. The summed E-state index contributed by atoms with van der Waals surface area (Å²) in [5.74, 6) is 0.143. The normalized spacial score (nSPS) is 24.9. The van der Waals surface area contributed by atoms with Crippen LogP contribution in [0, 0.1) is 18.8 Å². The van der Waals surface area contributed by atoms with Crippen LogP contribution in [0.1, 0.15) is 53.6 Å². The molecule has 1 saturated heterocycles. The number of aryl methyl sites for hydroxylation is 1. The van der Waals surface area contributed by atoms with E-state index in [9.17, 15) is 14.4 Å². The van der Waals surface area contributed by atoms with Crippen molar-refractivity contribution < 1.29 is 14.4 Å². The van der Waals surface area contributed by atoms with Crippen molar-refractivity contribution in [3.63, 3.8) is 0 Å². The van der Waals surface area contributed by atoms with Gasteiger partial charge in [0.1, 0.15) is 0 Å². The van der Waals surface area contributed by atoms with Crippen LogP contribution in [0.2, 0.25) is 0 Å². The molecule has 1 heterocycles. The van der Waals surface area contributed by atoms with Crippen LogP contribution in [0.25, 0.3) is 0 Å². The summed E-state index contributed by atoms with van der Waals surface area (Å²) >= 11 is 0. The van der Waals surface area contributed by atoms with Gasteiger partial charge in [-0.3, -0.25) is 19.7 Å². The average Bonchev–Trinajstić information content (AvgIpc) is 2.47. The molecule has 0 bridgehead atoms. The molecule has 4 heteroatoms. The summed E-state index contributed by atoms with van der Waals surface area (Å²) in [5, 5.41) is 2.41.